The van der Waals surface area contributed by atoms with Crippen LogP contribution in [-0.2, 0) is 4.79 Å². The highest BCUT2D eigenvalue weighted by Crippen LogP contribution is 2.34. The standard InChI is InChI=1S/C13H12ClNO3S/c1-2-5-15-12(17)11(19-13(15)18)7-8-6-9(14)3-4-10(8)16/h3-4,6-7,16H,2,5H2,1H3/b11-7+. The molecule has 6 heteroatoms. The van der Waals surface area contributed by atoms with Crippen molar-refractivity contribution in [1.29, 1.82) is 0 Å². The summed E-state index contributed by atoms with van der Waals surface area (Å²) >= 11 is 6.71. The molecule has 19 heavy (non-hydrogen) atoms. The maximum absolute atomic E-state index is 12.0. The van der Waals surface area contributed by atoms with Gasteiger partial charge >= 0.3 is 0 Å². The lowest BCUT2D eigenvalue weighted by atomic mass is 10.2. The number of hydrogen-bond acceptors (Lipinski definition) is 4. The fourth-order valence-corrected chi connectivity index (χ4v) is 2.74. The zero-order valence-electron chi connectivity index (χ0n) is 10.2. The Morgan fingerprint density at radius 2 is 2.16 bits per heavy atom. The third kappa shape index (κ3) is 2.93. The largest absolute Gasteiger partial charge is 0.507 e. The number of carbonyl (C=O) groups is 2. The summed E-state index contributed by atoms with van der Waals surface area (Å²) < 4.78 is 0. The van der Waals surface area contributed by atoms with Crippen LogP contribution in [0.15, 0.2) is 23.1 Å². The lowest BCUT2D eigenvalue weighted by molar-refractivity contribution is -0.122. The summed E-state index contributed by atoms with van der Waals surface area (Å²) in [6, 6.07) is 4.55. The van der Waals surface area contributed by atoms with Gasteiger partial charge in [-0.05, 0) is 42.5 Å². The van der Waals surface area contributed by atoms with Gasteiger partial charge in [0, 0.05) is 17.1 Å². The van der Waals surface area contributed by atoms with E-state index in [1.165, 1.54) is 17.0 Å². The van der Waals surface area contributed by atoms with Crippen LogP contribution in [0.25, 0.3) is 6.08 Å². The average molecular weight is 298 g/mol. The molecule has 0 aliphatic carbocycles. The smallest absolute Gasteiger partial charge is 0.293 e. The van der Waals surface area contributed by atoms with Crippen LogP contribution in [0.2, 0.25) is 5.02 Å². The summed E-state index contributed by atoms with van der Waals surface area (Å²) in [6.45, 7) is 2.30. The number of thioether (sulfide) groups is 1. The van der Waals surface area contributed by atoms with Crippen molar-refractivity contribution in [3.8, 4) is 5.75 Å². The first-order chi connectivity index (χ1) is 9.02. The minimum absolute atomic E-state index is 0.0201. The Balaban J connectivity index is 2.32. The second-order valence-electron chi connectivity index (χ2n) is 4.04. The van der Waals surface area contributed by atoms with Crippen LogP contribution in [0.3, 0.4) is 0 Å². The number of benzene rings is 1. The molecular weight excluding hydrogens is 286 g/mol. The van der Waals surface area contributed by atoms with E-state index in [1.807, 2.05) is 6.92 Å². The minimum atomic E-state index is -0.323. The lowest BCUT2D eigenvalue weighted by Gasteiger charge is -2.09. The normalized spacial score (nSPS) is 17.6. The minimum Gasteiger partial charge on any atom is -0.507 e. The van der Waals surface area contributed by atoms with Gasteiger partial charge in [-0.15, -0.1) is 0 Å². The lowest BCUT2D eigenvalue weighted by Crippen LogP contribution is -2.28. The zero-order chi connectivity index (χ0) is 14.0. The molecule has 0 bridgehead atoms. The Morgan fingerprint density at radius 3 is 2.84 bits per heavy atom. The zero-order valence-corrected chi connectivity index (χ0v) is 11.8. The van der Waals surface area contributed by atoms with E-state index < -0.39 is 0 Å². The van der Waals surface area contributed by atoms with Crippen molar-refractivity contribution in [2.75, 3.05) is 6.54 Å². The Labute approximate surface area is 120 Å². The molecule has 1 aromatic rings. The van der Waals surface area contributed by atoms with E-state index >= 15 is 0 Å². The number of nitrogens with zero attached hydrogens (tertiary/aromatic N) is 1. The molecule has 1 aliphatic rings. The Morgan fingerprint density at radius 1 is 1.42 bits per heavy atom. The number of aromatic hydroxyl groups is 1. The van der Waals surface area contributed by atoms with Crippen LogP contribution in [0, 0.1) is 0 Å². The van der Waals surface area contributed by atoms with Crippen molar-refractivity contribution >= 4 is 40.6 Å². The van der Waals surface area contributed by atoms with Gasteiger partial charge in [-0.2, -0.15) is 0 Å². The van der Waals surface area contributed by atoms with Crippen LogP contribution < -0.4 is 0 Å². The van der Waals surface area contributed by atoms with Gasteiger partial charge in [0.2, 0.25) is 0 Å². The highest BCUT2D eigenvalue weighted by molar-refractivity contribution is 8.18. The first-order valence-corrected chi connectivity index (χ1v) is 6.96. The molecule has 0 atom stereocenters. The molecular formula is C13H12ClNO3S. The van der Waals surface area contributed by atoms with Crippen molar-refractivity contribution in [2.45, 2.75) is 13.3 Å². The summed E-state index contributed by atoms with van der Waals surface area (Å²) in [5, 5.41) is 9.87. The van der Waals surface area contributed by atoms with E-state index in [0.717, 1.165) is 11.8 Å². The van der Waals surface area contributed by atoms with Crippen LogP contribution in [0.1, 0.15) is 18.9 Å². The number of carbonyl (C=O) groups excluding carboxylic acids is 2. The highest BCUT2D eigenvalue weighted by Gasteiger charge is 2.34. The molecule has 2 rings (SSSR count). The van der Waals surface area contributed by atoms with E-state index in [-0.39, 0.29) is 16.9 Å². The molecule has 0 unspecified atom stereocenters. The molecule has 2 amide bonds. The highest BCUT2D eigenvalue weighted by atomic mass is 35.5. The molecule has 0 spiro atoms. The second-order valence-corrected chi connectivity index (χ2v) is 5.47. The third-order valence-corrected chi connectivity index (χ3v) is 3.74. The quantitative estimate of drug-likeness (QED) is 0.868. The maximum atomic E-state index is 12.0. The number of phenols is 1. The van der Waals surface area contributed by atoms with Crippen molar-refractivity contribution in [3.05, 3.63) is 33.7 Å². The molecule has 1 fully saturated rings. The van der Waals surface area contributed by atoms with Crippen LogP contribution in [0.5, 0.6) is 5.75 Å². The van der Waals surface area contributed by atoms with Gasteiger partial charge in [0.1, 0.15) is 5.75 Å². The molecule has 1 aromatic carbocycles. The van der Waals surface area contributed by atoms with E-state index in [9.17, 15) is 14.7 Å². The molecule has 1 N–H and O–H groups in total. The monoisotopic (exact) mass is 297 g/mol. The van der Waals surface area contributed by atoms with Gasteiger partial charge in [-0.25, -0.2) is 0 Å². The van der Waals surface area contributed by atoms with Gasteiger partial charge < -0.3 is 5.11 Å². The average Bonchev–Trinajstić information content (AvgIpc) is 2.62. The molecule has 0 saturated carbocycles. The summed E-state index contributed by atoms with van der Waals surface area (Å²) in [4.78, 5) is 25.2. The summed E-state index contributed by atoms with van der Waals surface area (Å²) in [7, 11) is 0. The van der Waals surface area contributed by atoms with Crippen molar-refractivity contribution < 1.29 is 14.7 Å². The van der Waals surface area contributed by atoms with Gasteiger partial charge in [0.15, 0.2) is 0 Å². The molecule has 100 valence electrons. The van der Waals surface area contributed by atoms with Gasteiger partial charge in [-0.3, -0.25) is 14.5 Å². The predicted octanol–water partition coefficient (Wildman–Crippen LogP) is 3.49. The van der Waals surface area contributed by atoms with Crippen molar-refractivity contribution in [1.82, 2.24) is 4.90 Å². The van der Waals surface area contributed by atoms with Gasteiger partial charge in [-0.1, -0.05) is 18.5 Å². The van der Waals surface area contributed by atoms with E-state index in [2.05, 4.69) is 0 Å². The number of phenolic OH excluding ortho intramolecular Hbond substituents is 1. The molecule has 0 aromatic heterocycles. The number of halogens is 1. The van der Waals surface area contributed by atoms with Crippen LogP contribution in [0.4, 0.5) is 4.79 Å². The van der Waals surface area contributed by atoms with Crippen molar-refractivity contribution in [2.24, 2.45) is 0 Å². The topological polar surface area (TPSA) is 57.6 Å². The van der Waals surface area contributed by atoms with Gasteiger partial charge in [0.25, 0.3) is 11.1 Å². The third-order valence-electron chi connectivity index (χ3n) is 2.60. The predicted molar refractivity (Wildman–Crippen MR) is 76.1 cm³/mol. The van der Waals surface area contributed by atoms with Crippen molar-refractivity contribution in [3.63, 3.8) is 0 Å². The SMILES string of the molecule is CCCN1C(=O)S/C(=C/c2cc(Cl)ccc2O)C1=O. The summed E-state index contributed by atoms with van der Waals surface area (Å²) in [6.07, 6.45) is 2.20. The maximum Gasteiger partial charge on any atom is 0.293 e. The van der Waals surface area contributed by atoms with E-state index in [0.29, 0.717) is 28.5 Å². The molecule has 4 nitrogen and oxygen atoms in total. The number of hydrogen-bond donors (Lipinski definition) is 1. The first-order valence-electron chi connectivity index (χ1n) is 5.77. The molecule has 1 aliphatic heterocycles. The van der Waals surface area contributed by atoms with Crippen LogP contribution >= 0.6 is 23.4 Å². The van der Waals surface area contributed by atoms with E-state index in [4.69, 9.17) is 11.6 Å². The number of imide groups is 1. The second kappa shape index (κ2) is 5.67. The number of amides is 2. The van der Waals surface area contributed by atoms with Gasteiger partial charge in [0.05, 0.1) is 4.91 Å². The number of rotatable bonds is 3. The van der Waals surface area contributed by atoms with Crippen LogP contribution in [-0.4, -0.2) is 27.7 Å². The Kier molecular flexibility index (Phi) is 4.17. The fraction of sp³-hybridized carbons (Fsp3) is 0.231. The Bertz CT molecular complexity index is 571. The summed E-state index contributed by atoms with van der Waals surface area (Å²) in [5.41, 5.74) is 0.425. The summed E-state index contributed by atoms with van der Waals surface area (Å²) in [5.74, 6) is -0.303. The molecule has 1 saturated heterocycles. The first kappa shape index (κ1) is 14.0. The van der Waals surface area contributed by atoms with E-state index in [1.54, 1.807) is 12.1 Å². The molecule has 1 heterocycles. The Hall–Kier alpha value is -1.46. The fourth-order valence-electron chi connectivity index (χ4n) is 1.70. The molecule has 0 radical (unpaired) electrons.